The maximum absolute atomic E-state index is 12.4. The molecule has 1 aliphatic rings. The Morgan fingerprint density at radius 3 is 2.61 bits per heavy atom. The zero-order valence-corrected chi connectivity index (χ0v) is 14.3. The molecule has 1 aliphatic heterocycles. The third kappa shape index (κ3) is 3.70. The largest absolute Gasteiger partial charge is 0.457 e. The molecule has 4 heteroatoms. The number of carbonyl (C=O) groups excluding carboxylic acids is 1. The minimum atomic E-state index is 0.0277. The zero-order chi connectivity index (χ0) is 16.2. The van der Waals surface area contributed by atoms with Crippen LogP contribution in [0.25, 0.3) is 0 Å². The first kappa shape index (κ1) is 15.9. The van der Waals surface area contributed by atoms with Crippen LogP contribution in [-0.2, 0) is 4.79 Å². The molecule has 0 aliphatic carbocycles. The molecule has 3 rings (SSSR count). The molecular formula is C19H21NO2S. The molecule has 23 heavy (non-hydrogen) atoms. The molecule has 2 aromatic carbocycles. The van der Waals surface area contributed by atoms with E-state index in [0.29, 0.717) is 0 Å². The van der Waals surface area contributed by atoms with Gasteiger partial charge in [-0.1, -0.05) is 44.2 Å². The van der Waals surface area contributed by atoms with Crippen LogP contribution < -0.4 is 4.74 Å². The zero-order valence-electron chi connectivity index (χ0n) is 13.4. The molecule has 2 aromatic rings. The van der Waals surface area contributed by atoms with Gasteiger partial charge in [-0.05, 0) is 29.8 Å². The maximum atomic E-state index is 12.4. The van der Waals surface area contributed by atoms with Crippen molar-refractivity contribution in [1.82, 2.24) is 4.90 Å². The van der Waals surface area contributed by atoms with Crippen LogP contribution in [0.4, 0.5) is 0 Å². The summed E-state index contributed by atoms with van der Waals surface area (Å²) in [4.78, 5) is 14.4. The van der Waals surface area contributed by atoms with Gasteiger partial charge in [0.25, 0.3) is 0 Å². The van der Waals surface area contributed by atoms with Gasteiger partial charge < -0.3 is 9.64 Å². The van der Waals surface area contributed by atoms with Gasteiger partial charge in [-0.25, -0.2) is 0 Å². The lowest BCUT2D eigenvalue weighted by atomic mass is 10.1. The maximum Gasteiger partial charge on any atom is 0.226 e. The standard InChI is InChI=1S/C19H21NO2S/c1-14(2)18(21)20-11-12-23-19(20)15-7-6-10-17(13-15)22-16-8-4-3-5-9-16/h3-10,13-14,19H,11-12H2,1-2H3. The van der Waals surface area contributed by atoms with Crippen LogP contribution in [0, 0.1) is 5.92 Å². The van der Waals surface area contributed by atoms with Crippen LogP contribution in [0.5, 0.6) is 11.5 Å². The minimum Gasteiger partial charge on any atom is -0.457 e. The van der Waals surface area contributed by atoms with Gasteiger partial charge in [0.05, 0.1) is 0 Å². The number of rotatable bonds is 4. The van der Waals surface area contributed by atoms with E-state index in [-0.39, 0.29) is 17.2 Å². The Bertz CT molecular complexity index is 672. The molecule has 0 spiro atoms. The molecule has 1 amide bonds. The molecule has 0 radical (unpaired) electrons. The Kier molecular flexibility index (Phi) is 4.91. The summed E-state index contributed by atoms with van der Waals surface area (Å²) in [6.45, 7) is 4.73. The Morgan fingerprint density at radius 2 is 1.87 bits per heavy atom. The molecule has 1 heterocycles. The van der Waals surface area contributed by atoms with Gasteiger partial charge in [-0.3, -0.25) is 4.79 Å². The molecule has 0 saturated carbocycles. The average molecular weight is 327 g/mol. The minimum absolute atomic E-state index is 0.0277. The molecule has 1 unspecified atom stereocenters. The fourth-order valence-electron chi connectivity index (χ4n) is 2.66. The summed E-state index contributed by atoms with van der Waals surface area (Å²) >= 11 is 1.81. The Hall–Kier alpha value is -1.94. The van der Waals surface area contributed by atoms with Crippen LogP contribution in [0.1, 0.15) is 24.8 Å². The van der Waals surface area contributed by atoms with Gasteiger partial charge in [-0.2, -0.15) is 0 Å². The van der Waals surface area contributed by atoms with E-state index < -0.39 is 0 Å². The normalized spacial score (nSPS) is 17.5. The summed E-state index contributed by atoms with van der Waals surface area (Å²) in [5.74, 6) is 2.85. The number of amides is 1. The molecule has 1 atom stereocenters. The fraction of sp³-hybridized carbons (Fsp3) is 0.316. The second kappa shape index (κ2) is 7.09. The quantitative estimate of drug-likeness (QED) is 0.814. The molecular weight excluding hydrogens is 306 g/mol. The monoisotopic (exact) mass is 327 g/mol. The van der Waals surface area contributed by atoms with Crippen molar-refractivity contribution in [3.05, 3.63) is 60.2 Å². The Balaban J connectivity index is 1.80. The number of thioether (sulfide) groups is 1. The summed E-state index contributed by atoms with van der Waals surface area (Å²) in [6.07, 6.45) is 0. The van der Waals surface area contributed by atoms with Gasteiger partial charge in [0.15, 0.2) is 0 Å². The number of benzene rings is 2. The van der Waals surface area contributed by atoms with E-state index in [1.54, 1.807) is 0 Å². The van der Waals surface area contributed by atoms with Gasteiger partial charge in [0, 0.05) is 18.2 Å². The van der Waals surface area contributed by atoms with E-state index in [9.17, 15) is 4.79 Å². The van der Waals surface area contributed by atoms with E-state index in [1.807, 2.05) is 79.0 Å². The molecule has 1 fully saturated rings. The van der Waals surface area contributed by atoms with Crippen molar-refractivity contribution in [2.75, 3.05) is 12.3 Å². The first-order valence-electron chi connectivity index (χ1n) is 7.90. The Morgan fingerprint density at radius 1 is 1.13 bits per heavy atom. The number of ether oxygens (including phenoxy) is 1. The number of para-hydroxylation sites is 1. The van der Waals surface area contributed by atoms with Crippen LogP contribution in [-0.4, -0.2) is 23.1 Å². The third-order valence-corrected chi connectivity index (χ3v) is 5.05. The van der Waals surface area contributed by atoms with E-state index in [4.69, 9.17) is 4.74 Å². The Labute approximate surface area is 141 Å². The highest BCUT2D eigenvalue weighted by molar-refractivity contribution is 7.99. The van der Waals surface area contributed by atoms with E-state index in [0.717, 1.165) is 29.4 Å². The van der Waals surface area contributed by atoms with Gasteiger partial charge >= 0.3 is 0 Å². The number of nitrogens with zero attached hydrogens (tertiary/aromatic N) is 1. The van der Waals surface area contributed by atoms with Crippen molar-refractivity contribution < 1.29 is 9.53 Å². The van der Waals surface area contributed by atoms with Crippen molar-refractivity contribution in [3.63, 3.8) is 0 Å². The van der Waals surface area contributed by atoms with Crippen LogP contribution >= 0.6 is 11.8 Å². The molecule has 0 N–H and O–H groups in total. The van der Waals surface area contributed by atoms with Crippen molar-refractivity contribution in [2.24, 2.45) is 5.92 Å². The molecule has 3 nitrogen and oxygen atoms in total. The predicted molar refractivity (Wildman–Crippen MR) is 94.7 cm³/mol. The highest BCUT2D eigenvalue weighted by Gasteiger charge is 2.31. The lowest BCUT2D eigenvalue weighted by Crippen LogP contribution is -2.33. The molecule has 0 bridgehead atoms. The summed E-state index contributed by atoms with van der Waals surface area (Å²) in [7, 11) is 0. The topological polar surface area (TPSA) is 29.5 Å². The first-order chi connectivity index (χ1) is 11.1. The summed E-state index contributed by atoms with van der Waals surface area (Å²) in [6, 6.07) is 17.8. The summed E-state index contributed by atoms with van der Waals surface area (Å²) < 4.78 is 5.91. The molecule has 0 aromatic heterocycles. The van der Waals surface area contributed by atoms with Crippen molar-refractivity contribution in [1.29, 1.82) is 0 Å². The average Bonchev–Trinajstić information content (AvgIpc) is 3.05. The fourth-order valence-corrected chi connectivity index (χ4v) is 3.91. The number of carbonyl (C=O) groups is 1. The second-order valence-electron chi connectivity index (χ2n) is 5.90. The van der Waals surface area contributed by atoms with Crippen LogP contribution in [0.2, 0.25) is 0 Å². The van der Waals surface area contributed by atoms with Crippen molar-refractivity contribution in [3.8, 4) is 11.5 Å². The summed E-state index contributed by atoms with van der Waals surface area (Å²) in [5.41, 5.74) is 1.12. The molecule has 120 valence electrons. The highest BCUT2D eigenvalue weighted by atomic mass is 32.2. The van der Waals surface area contributed by atoms with E-state index in [2.05, 4.69) is 6.07 Å². The van der Waals surface area contributed by atoms with Gasteiger partial charge in [-0.15, -0.1) is 11.8 Å². The van der Waals surface area contributed by atoms with E-state index >= 15 is 0 Å². The lowest BCUT2D eigenvalue weighted by molar-refractivity contribution is -0.134. The van der Waals surface area contributed by atoms with Crippen molar-refractivity contribution in [2.45, 2.75) is 19.2 Å². The second-order valence-corrected chi connectivity index (χ2v) is 7.09. The van der Waals surface area contributed by atoms with Crippen molar-refractivity contribution >= 4 is 17.7 Å². The van der Waals surface area contributed by atoms with Gasteiger partial charge in [0.2, 0.25) is 5.91 Å². The first-order valence-corrected chi connectivity index (χ1v) is 8.95. The number of hydrogen-bond donors (Lipinski definition) is 0. The van der Waals surface area contributed by atoms with Gasteiger partial charge in [0.1, 0.15) is 16.9 Å². The van der Waals surface area contributed by atoms with Crippen LogP contribution in [0.3, 0.4) is 0 Å². The third-order valence-electron chi connectivity index (χ3n) is 3.79. The number of hydrogen-bond acceptors (Lipinski definition) is 3. The van der Waals surface area contributed by atoms with Crippen LogP contribution in [0.15, 0.2) is 54.6 Å². The lowest BCUT2D eigenvalue weighted by Gasteiger charge is -2.26. The smallest absolute Gasteiger partial charge is 0.226 e. The molecule has 1 saturated heterocycles. The summed E-state index contributed by atoms with van der Waals surface area (Å²) in [5, 5.41) is 0.0872. The predicted octanol–water partition coefficient (Wildman–Crippen LogP) is 4.71. The SMILES string of the molecule is CC(C)C(=O)N1CCSC1c1cccc(Oc2ccccc2)c1. The van der Waals surface area contributed by atoms with E-state index in [1.165, 1.54) is 0 Å². The highest BCUT2D eigenvalue weighted by Crippen LogP contribution is 2.40.